The molecule has 1 saturated carbocycles. The quantitative estimate of drug-likeness (QED) is 0.660. The molecule has 1 aliphatic carbocycles. The van der Waals surface area contributed by atoms with Crippen LogP contribution in [0.3, 0.4) is 0 Å². The minimum atomic E-state index is -0.445. The summed E-state index contributed by atoms with van der Waals surface area (Å²) < 4.78 is 0. The summed E-state index contributed by atoms with van der Waals surface area (Å²) in [6.07, 6.45) is 7.97. The summed E-state index contributed by atoms with van der Waals surface area (Å²) in [7, 11) is 0. The molecule has 84 valence electrons. The summed E-state index contributed by atoms with van der Waals surface area (Å²) in [6, 6.07) is 0.690. The van der Waals surface area contributed by atoms with E-state index in [1.165, 1.54) is 19.3 Å². The van der Waals surface area contributed by atoms with Crippen LogP contribution in [-0.4, -0.2) is 23.3 Å². The summed E-state index contributed by atoms with van der Waals surface area (Å²) in [4.78, 5) is 0. The topological polar surface area (TPSA) is 32.3 Å². The van der Waals surface area contributed by atoms with Crippen LogP contribution in [0.2, 0.25) is 0 Å². The van der Waals surface area contributed by atoms with Gasteiger partial charge in [0, 0.05) is 12.6 Å². The molecule has 0 aromatic rings. The molecule has 0 aromatic heterocycles. The summed E-state index contributed by atoms with van der Waals surface area (Å²) >= 11 is 0. The zero-order valence-electron chi connectivity index (χ0n) is 9.68. The van der Waals surface area contributed by atoms with Gasteiger partial charge in [-0.1, -0.05) is 33.1 Å². The summed E-state index contributed by atoms with van der Waals surface area (Å²) in [6.45, 7) is 5.08. The molecule has 1 rings (SSSR count). The smallest absolute Gasteiger partial charge is 0.0771 e. The Morgan fingerprint density at radius 1 is 1.21 bits per heavy atom. The Balaban J connectivity index is 2.25. The molecule has 1 aliphatic rings. The Bertz CT molecular complexity index is 148. The van der Waals surface area contributed by atoms with E-state index in [2.05, 4.69) is 19.2 Å². The number of hydrogen-bond donors (Lipinski definition) is 2. The van der Waals surface area contributed by atoms with Crippen molar-refractivity contribution < 1.29 is 5.11 Å². The number of aliphatic hydroxyl groups is 1. The molecule has 0 heterocycles. The van der Waals surface area contributed by atoms with Crippen molar-refractivity contribution >= 4 is 0 Å². The Morgan fingerprint density at radius 3 is 2.14 bits per heavy atom. The van der Waals surface area contributed by atoms with Gasteiger partial charge in [0.1, 0.15) is 0 Å². The maximum Gasteiger partial charge on any atom is 0.0771 e. The van der Waals surface area contributed by atoms with Gasteiger partial charge in [-0.05, 0) is 25.7 Å². The Labute approximate surface area is 88.1 Å². The average Bonchev–Trinajstić information content (AvgIpc) is 2.02. The minimum Gasteiger partial charge on any atom is -0.389 e. The highest BCUT2D eigenvalue weighted by atomic mass is 16.3. The molecule has 1 fully saturated rings. The lowest BCUT2D eigenvalue weighted by molar-refractivity contribution is 0.0166. The number of hydrogen-bond acceptors (Lipinski definition) is 2. The van der Waals surface area contributed by atoms with Crippen molar-refractivity contribution in [3.05, 3.63) is 0 Å². The Hall–Kier alpha value is -0.0800. The Morgan fingerprint density at radius 2 is 1.79 bits per heavy atom. The lowest BCUT2D eigenvalue weighted by Crippen LogP contribution is -2.46. The maximum atomic E-state index is 10.3. The maximum absolute atomic E-state index is 10.3. The van der Waals surface area contributed by atoms with Gasteiger partial charge in [-0.15, -0.1) is 0 Å². The minimum absolute atomic E-state index is 0.445. The number of rotatable bonds is 7. The average molecular weight is 199 g/mol. The third-order valence-electron chi connectivity index (χ3n) is 3.26. The van der Waals surface area contributed by atoms with Crippen LogP contribution in [0.15, 0.2) is 0 Å². The normalized spacial score (nSPS) is 18.2. The first-order valence-electron chi connectivity index (χ1n) is 6.16. The summed E-state index contributed by atoms with van der Waals surface area (Å²) in [5.74, 6) is 0. The van der Waals surface area contributed by atoms with E-state index in [1.54, 1.807) is 0 Å². The first kappa shape index (κ1) is 12.0. The molecule has 0 radical (unpaired) electrons. The summed E-state index contributed by atoms with van der Waals surface area (Å²) in [5.41, 5.74) is -0.445. The van der Waals surface area contributed by atoms with E-state index in [9.17, 15) is 5.11 Å². The second kappa shape index (κ2) is 5.72. The van der Waals surface area contributed by atoms with Crippen molar-refractivity contribution in [3.8, 4) is 0 Å². The molecule has 2 nitrogen and oxygen atoms in total. The van der Waals surface area contributed by atoms with Crippen LogP contribution in [0, 0.1) is 0 Å². The van der Waals surface area contributed by atoms with Gasteiger partial charge in [-0.25, -0.2) is 0 Å². The first-order valence-corrected chi connectivity index (χ1v) is 6.16. The van der Waals surface area contributed by atoms with E-state index >= 15 is 0 Å². The van der Waals surface area contributed by atoms with Crippen LogP contribution in [0.1, 0.15) is 58.8 Å². The fourth-order valence-electron chi connectivity index (χ4n) is 2.18. The van der Waals surface area contributed by atoms with Gasteiger partial charge in [-0.2, -0.15) is 0 Å². The third kappa shape index (κ3) is 3.58. The van der Waals surface area contributed by atoms with Gasteiger partial charge in [-0.3, -0.25) is 0 Å². The van der Waals surface area contributed by atoms with Crippen molar-refractivity contribution in [1.29, 1.82) is 0 Å². The highest BCUT2D eigenvalue weighted by Gasteiger charge is 2.27. The largest absolute Gasteiger partial charge is 0.389 e. The standard InChI is InChI=1S/C12H25NO/c1-3-8-12(14,9-4-2)10-13-11-6-5-7-11/h11,13-14H,3-10H2,1-2H3. The number of nitrogens with one attached hydrogen (secondary N) is 1. The lowest BCUT2D eigenvalue weighted by atomic mass is 9.89. The van der Waals surface area contributed by atoms with Crippen molar-refractivity contribution in [2.24, 2.45) is 0 Å². The highest BCUT2D eigenvalue weighted by molar-refractivity contribution is 4.84. The molecule has 2 N–H and O–H groups in total. The van der Waals surface area contributed by atoms with Crippen LogP contribution in [0.4, 0.5) is 0 Å². The molecule has 0 spiro atoms. The lowest BCUT2D eigenvalue weighted by Gasteiger charge is -2.33. The predicted molar refractivity (Wildman–Crippen MR) is 60.4 cm³/mol. The third-order valence-corrected chi connectivity index (χ3v) is 3.26. The Kier molecular flexibility index (Phi) is 4.90. The van der Waals surface area contributed by atoms with Crippen LogP contribution in [-0.2, 0) is 0 Å². The van der Waals surface area contributed by atoms with E-state index in [0.717, 1.165) is 32.2 Å². The summed E-state index contributed by atoms with van der Waals surface area (Å²) in [5, 5.41) is 13.8. The van der Waals surface area contributed by atoms with Gasteiger partial charge in [0.05, 0.1) is 5.60 Å². The van der Waals surface area contributed by atoms with E-state index in [0.29, 0.717) is 6.04 Å². The van der Waals surface area contributed by atoms with Gasteiger partial charge >= 0.3 is 0 Å². The molecule has 0 unspecified atom stereocenters. The van der Waals surface area contributed by atoms with Crippen molar-refractivity contribution in [2.45, 2.75) is 70.4 Å². The molecule has 2 heteroatoms. The van der Waals surface area contributed by atoms with Crippen LogP contribution in [0.5, 0.6) is 0 Å². The predicted octanol–water partition coefficient (Wildman–Crippen LogP) is 2.46. The molecule has 0 aliphatic heterocycles. The van der Waals surface area contributed by atoms with E-state index in [-0.39, 0.29) is 0 Å². The second-order valence-electron chi connectivity index (χ2n) is 4.73. The molecular weight excluding hydrogens is 174 g/mol. The molecular formula is C12H25NO. The molecule has 0 amide bonds. The van der Waals surface area contributed by atoms with Crippen molar-refractivity contribution in [3.63, 3.8) is 0 Å². The first-order chi connectivity index (χ1) is 6.70. The van der Waals surface area contributed by atoms with Gasteiger partial charge in [0.15, 0.2) is 0 Å². The molecule has 0 saturated heterocycles. The van der Waals surface area contributed by atoms with E-state index in [4.69, 9.17) is 0 Å². The van der Waals surface area contributed by atoms with E-state index < -0.39 is 5.60 Å². The molecule has 14 heavy (non-hydrogen) atoms. The van der Waals surface area contributed by atoms with Crippen molar-refractivity contribution in [2.75, 3.05) is 6.54 Å². The SMILES string of the molecule is CCCC(O)(CCC)CNC1CCC1. The fraction of sp³-hybridized carbons (Fsp3) is 1.00. The molecule has 0 bridgehead atoms. The zero-order valence-corrected chi connectivity index (χ0v) is 9.68. The van der Waals surface area contributed by atoms with Gasteiger partial charge in [0.25, 0.3) is 0 Å². The van der Waals surface area contributed by atoms with Crippen LogP contribution in [0.25, 0.3) is 0 Å². The van der Waals surface area contributed by atoms with Gasteiger partial charge < -0.3 is 10.4 Å². The zero-order chi connectivity index (χ0) is 10.4. The second-order valence-corrected chi connectivity index (χ2v) is 4.73. The molecule has 0 atom stereocenters. The monoisotopic (exact) mass is 199 g/mol. The van der Waals surface area contributed by atoms with Crippen molar-refractivity contribution in [1.82, 2.24) is 5.32 Å². The van der Waals surface area contributed by atoms with E-state index in [1.807, 2.05) is 0 Å². The van der Waals surface area contributed by atoms with Crippen LogP contribution < -0.4 is 5.32 Å². The highest BCUT2D eigenvalue weighted by Crippen LogP contribution is 2.22. The fourth-order valence-corrected chi connectivity index (χ4v) is 2.18. The van der Waals surface area contributed by atoms with Crippen LogP contribution >= 0.6 is 0 Å². The van der Waals surface area contributed by atoms with Gasteiger partial charge in [0.2, 0.25) is 0 Å². The molecule has 0 aromatic carbocycles.